The van der Waals surface area contributed by atoms with Gasteiger partial charge in [0.25, 0.3) is 5.91 Å². The molecule has 0 heterocycles. The second-order valence-corrected chi connectivity index (χ2v) is 4.34. The summed E-state index contributed by atoms with van der Waals surface area (Å²) in [6.07, 6.45) is 1.72. The molecule has 1 aromatic carbocycles. The Labute approximate surface area is 110 Å². The number of methoxy groups -OCH3 is 1. The molecule has 0 aliphatic rings. The minimum absolute atomic E-state index is 0.00393. The molecule has 0 atom stereocenters. The number of ether oxygens (including phenoxy) is 1. The molecule has 17 heavy (non-hydrogen) atoms. The summed E-state index contributed by atoms with van der Waals surface area (Å²) in [7, 11) is 1.59. The van der Waals surface area contributed by atoms with E-state index in [1.807, 2.05) is 6.92 Å². The largest absolute Gasteiger partial charge is 0.496 e. The van der Waals surface area contributed by atoms with Gasteiger partial charge in [-0.05, 0) is 41.1 Å². The summed E-state index contributed by atoms with van der Waals surface area (Å²) < 4.78 is 5.90. The molecule has 1 aromatic rings. The van der Waals surface area contributed by atoms with Gasteiger partial charge in [0.05, 0.1) is 11.6 Å². The summed E-state index contributed by atoms with van der Waals surface area (Å²) in [5.41, 5.74) is 0.640. The van der Waals surface area contributed by atoms with E-state index in [0.717, 1.165) is 4.47 Å². The molecule has 0 aromatic heterocycles. The number of carbonyl (C=O) groups excluding carboxylic acids is 1. The van der Waals surface area contributed by atoms with Gasteiger partial charge in [-0.3, -0.25) is 4.79 Å². The Balaban J connectivity index is 2.95. The van der Waals surface area contributed by atoms with E-state index >= 15 is 0 Å². The number of nitrogens with zero attached hydrogens (tertiary/aromatic N) is 1. The molecule has 0 saturated heterocycles. The normalized spacial score (nSPS) is 9.82. The Morgan fingerprint density at radius 1 is 1.59 bits per heavy atom. The number of amides is 1. The van der Waals surface area contributed by atoms with Crippen molar-refractivity contribution in [2.75, 3.05) is 20.2 Å². The fraction of sp³-hybridized carbons (Fsp3) is 0.308. The van der Waals surface area contributed by atoms with Gasteiger partial charge in [0, 0.05) is 18.7 Å². The van der Waals surface area contributed by atoms with Gasteiger partial charge < -0.3 is 9.64 Å². The first kappa shape index (κ1) is 13.8. The maximum atomic E-state index is 12.1. The number of rotatable bonds is 5. The maximum absolute atomic E-state index is 12.1. The fourth-order valence-electron chi connectivity index (χ4n) is 1.49. The first-order valence-corrected chi connectivity index (χ1v) is 6.17. The molecule has 1 amide bonds. The number of hydrogen-bond acceptors (Lipinski definition) is 2. The highest BCUT2D eigenvalue weighted by Gasteiger charge is 2.14. The molecule has 0 fully saturated rings. The molecular weight excluding hydrogens is 282 g/mol. The van der Waals surface area contributed by atoms with Crippen molar-refractivity contribution in [2.45, 2.75) is 6.92 Å². The zero-order valence-electron chi connectivity index (χ0n) is 10.1. The number of likely N-dealkylation sites (N-methyl/N-ethyl adjacent to an activating group) is 1. The van der Waals surface area contributed by atoms with Crippen molar-refractivity contribution in [3.8, 4) is 5.75 Å². The minimum Gasteiger partial charge on any atom is -0.496 e. The van der Waals surface area contributed by atoms with Gasteiger partial charge >= 0.3 is 0 Å². The summed E-state index contributed by atoms with van der Waals surface area (Å²) in [5, 5.41) is 0. The Hall–Kier alpha value is -1.29. The first-order valence-electron chi connectivity index (χ1n) is 5.37. The van der Waals surface area contributed by atoms with E-state index in [4.69, 9.17) is 4.74 Å². The number of halogens is 1. The Morgan fingerprint density at radius 2 is 2.29 bits per heavy atom. The van der Waals surface area contributed by atoms with E-state index in [2.05, 4.69) is 22.5 Å². The van der Waals surface area contributed by atoms with Crippen molar-refractivity contribution in [3.05, 3.63) is 40.9 Å². The van der Waals surface area contributed by atoms with Crippen LogP contribution in [-0.4, -0.2) is 31.0 Å². The lowest BCUT2D eigenvalue weighted by atomic mass is 10.2. The molecular formula is C13H16BrNO2. The van der Waals surface area contributed by atoms with Crippen LogP contribution in [0.3, 0.4) is 0 Å². The van der Waals surface area contributed by atoms with Gasteiger partial charge in [-0.1, -0.05) is 6.08 Å². The number of benzene rings is 1. The molecule has 1 rings (SSSR count). The molecule has 92 valence electrons. The van der Waals surface area contributed by atoms with Crippen LogP contribution in [0.25, 0.3) is 0 Å². The van der Waals surface area contributed by atoms with Crippen LogP contribution in [0.4, 0.5) is 0 Å². The third-order valence-electron chi connectivity index (χ3n) is 2.42. The van der Waals surface area contributed by atoms with Crippen LogP contribution < -0.4 is 4.74 Å². The minimum atomic E-state index is -0.00393. The average Bonchev–Trinajstić information content (AvgIpc) is 2.35. The highest BCUT2D eigenvalue weighted by molar-refractivity contribution is 9.10. The van der Waals surface area contributed by atoms with Crippen LogP contribution in [0.1, 0.15) is 17.3 Å². The van der Waals surface area contributed by atoms with Crippen molar-refractivity contribution in [1.29, 1.82) is 0 Å². The van der Waals surface area contributed by atoms with Crippen molar-refractivity contribution >= 4 is 21.8 Å². The standard InChI is InChI=1S/C13H16BrNO2/c1-4-8-15(5-2)13(16)10-6-7-12(17-3)11(14)9-10/h4,6-7,9H,1,5,8H2,2-3H3. The summed E-state index contributed by atoms with van der Waals surface area (Å²) in [6, 6.07) is 5.31. The average molecular weight is 298 g/mol. The van der Waals surface area contributed by atoms with Gasteiger partial charge in [0.1, 0.15) is 5.75 Å². The van der Waals surface area contributed by atoms with E-state index in [1.165, 1.54) is 0 Å². The first-order chi connectivity index (χ1) is 8.13. The van der Waals surface area contributed by atoms with E-state index in [0.29, 0.717) is 24.4 Å². The van der Waals surface area contributed by atoms with E-state index in [-0.39, 0.29) is 5.91 Å². The monoisotopic (exact) mass is 297 g/mol. The molecule has 0 aliphatic carbocycles. The second-order valence-electron chi connectivity index (χ2n) is 3.48. The van der Waals surface area contributed by atoms with Crippen molar-refractivity contribution < 1.29 is 9.53 Å². The Kier molecular flexibility index (Phi) is 5.22. The predicted octanol–water partition coefficient (Wildman–Crippen LogP) is 3.11. The maximum Gasteiger partial charge on any atom is 0.254 e. The second kappa shape index (κ2) is 6.45. The zero-order valence-corrected chi connectivity index (χ0v) is 11.7. The SMILES string of the molecule is C=CCN(CC)C(=O)c1ccc(OC)c(Br)c1. The fourth-order valence-corrected chi connectivity index (χ4v) is 2.03. The topological polar surface area (TPSA) is 29.5 Å². The quantitative estimate of drug-likeness (QED) is 0.782. The van der Waals surface area contributed by atoms with Crippen LogP contribution in [0, 0.1) is 0 Å². The molecule has 3 nitrogen and oxygen atoms in total. The zero-order chi connectivity index (χ0) is 12.8. The summed E-state index contributed by atoms with van der Waals surface area (Å²) >= 11 is 3.37. The highest BCUT2D eigenvalue weighted by atomic mass is 79.9. The highest BCUT2D eigenvalue weighted by Crippen LogP contribution is 2.26. The third-order valence-corrected chi connectivity index (χ3v) is 3.04. The predicted molar refractivity (Wildman–Crippen MR) is 72.5 cm³/mol. The lowest BCUT2D eigenvalue weighted by Crippen LogP contribution is -2.30. The van der Waals surface area contributed by atoms with E-state index in [9.17, 15) is 4.79 Å². The Morgan fingerprint density at radius 3 is 2.76 bits per heavy atom. The summed E-state index contributed by atoms with van der Waals surface area (Å²) in [5.74, 6) is 0.712. The van der Waals surface area contributed by atoms with E-state index < -0.39 is 0 Å². The van der Waals surface area contributed by atoms with Crippen LogP contribution in [-0.2, 0) is 0 Å². The van der Waals surface area contributed by atoms with Crippen LogP contribution in [0.15, 0.2) is 35.3 Å². The molecule has 0 saturated carbocycles. The van der Waals surface area contributed by atoms with Gasteiger partial charge in [0.15, 0.2) is 0 Å². The molecule has 4 heteroatoms. The van der Waals surface area contributed by atoms with E-state index in [1.54, 1.807) is 36.3 Å². The van der Waals surface area contributed by atoms with Gasteiger partial charge in [0.2, 0.25) is 0 Å². The molecule has 0 spiro atoms. The third kappa shape index (κ3) is 3.33. The van der Waals surface area contributed by atoms with Gasteiger partial charge in [-0.15, -0.1) is 6.58 Å². The van der Waals surface area contributed by atoms with Gasteiger partial charge in [-0.2, -0.15) is 0 Å². The van der Waals surface area contributed by atoms with Crippen molar-refractivity contribution in [1.82, 2.24) is 4.90 Å². The Bertz CT molecular complexity index is 418. The summed E-state index contributed by atoms with van der Waals surface area (Å²) in [6.45, 7) is 6.81. The molecule has 0 N–H and O–H groups in total. The molecule has 0 unspecified atom stereocenters. The smallest absolute Gasteiger partial charge is 0.254 e. The number of hydrogen-bond donors (Lipinski definition) is 0. The molecule has 0 aliphatic heterocycles. The van der Waals surface area contributed by atoms with Crippen LogP contribution >= 0.6 is 15.9 Å². The lowest BCUT2D eigenvalue weighted by molar-refractivity contribution is 0.0782. The molecule has 0 radical (unpaired) electrons. The number of carbonyl (C=O) groups is 1. The lowest BCUT2D eigenvalue weighted by Gasteiger charge is -2.19. The van der Waals surface area contributed by atoms with Crippen LogP contribution in [0.2, 0.25) is 0 Å². The molecule has 0 bridgehead atoms. The van der Waals surface area contributed by atoms with Crippen molar-refractivity contribution in [3.63, 3.8) is 0 Å². The van der Waals surface area contributed by atoms with Gasteiger partial charge in [-0.25, -0.2) is 0 Å². The van der Waals surface area contributed by atoms with Crippen LogP contribution in [0.5, 0.6) is 5.75 Å². The summed E-state index contributed by atoms with van der Waals surface area (Å²) in [4.78, 5) is 13.9. The van der Waals surface area contributed by atoms with Crippen molar-refractivity contribution in [2.24, 2.45) is 0 Å².